The lowest BCUT2D eigenvalue weighted by atomic mass is 10.3. The maximum absolute atomic E-state index is 11.6. The van der Waals surface area contributed by atoms with Crippen molar-refractivity contribution in [3.05, 3.63) is 26.9 Å². The van der Waals surface area contributed by atoms with E-state index >= 15 is 0 Å². The fourth-order valence-electron chi connectivity index (χ4n) is 1.24. The van der Waals surface area contributed by atoms with Crippen LogP contribution in [0.15, 0.2) is 10.9 Å². The van der Waals surface area contributed by atoms with Crippen LogP contribution in [0.25, 0.3) is 0 Å². The summed E-state index contributed by atoms with van der Waals surface area (Å²) in [5.41, 5.74) is 5.05. The van der Waals surface area contributed by atoms with Gasteiger partial charge in [0.25, 0.3) is 0 Å². The summed E-state index contributed by atoms with van der Waals surface area (Å²) in [4.78, 5) is 24.8. The number of carbonyl (C=O) groups is 1. The van der Waals surface area contributed by atoms with Gasteiger partial charge in [-0.25, -0.2) is 4.79 Å². The van der Waals surface area contributed by atoms with E-state index in [2.05, 4.69) is 10.9 Å². The smallest absolute Gasteiger partial charge is 0.326 e. The summed E-state index contributed by atoms with van der Waals surface area (Å²) in [7, 11) is 0. The number of rotatable bonds is 4. The number of nitrogens with two attached hydrogens (primary N) is 1. The van der Waals surface area contributed by atoms with Crippen LogP contribution in [0.4, 0.5) is 0 Å². The predicted octanol–water partition coefficient (Wildman–Crippen LogP) is -0.0430. The third-order valence-corrected chi connectivity index (χ3v) is 2.26. The van der Waals surface area contributed by atoms with E-state index in [0.717, 1.165) is 0 Å². The molecule has 3 N–H and O–H groups in total. The normalized spacial score (nSPS) is 9.69. The average molecular weight is 237 g/mol. The topological polar surface area (TPSA) is 80.9 Å². The Morgan fingerprint density at radius 3 is 2.88 bits per heavy atom. The van der Waals surface area contributed by atoms with Crippen molar-refractivity contribution in [2.75, 3.05) is 0 Å². The number of amides is 1. The lowest BCUT2D eigenvalue weighted by Gasteiger charge is -2.05. The van der Waals surface area contributed by atoms with Crippen molar-refractivity contribution in [2.24, 2.45) is 5.73 Å². The molecule has 1 heterocycles. The van der Waals surface area contributed by atoms with Gasteiger partial charge in [-0.05, 0) is 6.07 Å². The first-order valence-corrected chi connectivity index (χ1v) is 5.00. The van der Waals surface area contributed by atoms with E-state index in [1.807, 2.05) is 0 Å². The molecule has 0 saturated carbocycles. The van der Waals surface area contributed by atoms with Crippen LogP contribution in [-0.4, -0.2) is 15.5 Å². The summed E-state index contributed by atoms with van der Waals surface area (Å²) in [5, 5.41) is 0. The molecule has 84 valence electrons. The Kier molecular flexibility index (Phi) is 4.03. The molecule has 1 aromatic heterocycles. The molecule has 0 atom stereocenters. The van der Waals surface area contributed by atoms with Gasteiger partial charge in [0.1, 0.15) is 4.64 Å². The van der Waals surface area contributed by atoms with Crippen LogP contribution in [0.5, 0.6) is 0 Å². The van der Waals surface area contributed by atoms with Crippen LogP contribution in [0.1, 0.15) is 12.1 Å². The van der Waals surface area contributed by atoms with Crippen LogP contribution in [0, 0.1) is 17.0 Å². The van der Waals surface area contributed by atoms with E-state index in [0.29, 0.717) is 23.3 Å². The van der Waals surface area contributed by atoms with Crippen molar-refractivity contribution in [1.82, 2.24) is 9.55 Å². The molecule has 0 saturated heterocycles. The summed E-state index contributed by atoms with van der Waals surface area (Å²) in [6.45, 7) is 0.363. The Bertz CT molecular complexity index is 519. The molecule has 0 bridgehead atoms. The molecule has 0 aliphatic rings. The van der Waals surface area contributed by atoms with Gasteiger partial charge in [-0.2, -0.15) is 0 Å². The zero-order chi connectivity index (χ0) is 12.1. The van der Waals surface area contributed by atoms with Crippen LogP contribution in [-0.2, 0) is 17.8 Å². The molecule has 1 aromatic rings. The van der Waals surface area contributed by atoms with E-state index in [9.17, 15) is 9.59 Å². The Labute approximate surface area is 97.3 Å². The average Bonchev–Trinajstić information content (AvgIpc) is 2.15. The van der Waals surface area contributed by atoms with Gasteiger partial charge in [0, 0.05) is 18.7 Å². The summed E-state index contributed by atoms with van der Waals surface area (Å²) < 4.78 is 1.69. The van der Waals surface area contributed by atoms with Crippen molar-refractivity contribution in [3.63, 3.8) is 0 Å². The fourth-order valence-corrected chi connectivity index (χ4v) is 1.56. The molecule has 0 aromatic carbocycles. The van der Waals surface area contributed by atoms with Gasteiger partial charge >= 0.3 is 5.69 Å². The third-order valence-electron chi connectivity index (χ3n) is 1.92. The molecule has 0 aliphatic carbocycles. The SMILES string of the molecule is C#CCCn1c(=S)cc(CC(N)=O)[nH]c1=O. The largest absolute Gasteiger partial charge is 0.369 e. The summed E-state index contributed by atoms with van der Waals surface area (Å²) in [6.07, 6.45) is 5.49. The number of carbonyl (C=O) groups excluding carboxylic acids is 1. The lowest BCUT2D eigenvalue weighted by molar-refractivity contribution is -0.117. The molecule has 1 amide bonds. The minimum atomic E-state index is -0.522. The molecule has 6 heteroatoms. The standard InChI is InChI=1S/C10H11N3O2S/c1-2-3-4-13-9(16)6-7(5-8(11)14)12-10(13)15/h1,6H,3-5H2,(H2,11,14)(H,12,15). The van der Waals surface area contributed by atoms with E-state index in [1.54, 1.807) is 0 Å². The number of aromatic amines is 1. The highest BCUT2D eigenvalue weighted by Gasteiger charge is 2.03. The number of hydrogen-bond donors (Lipinski definition) is 2. The summed E-state index contributed by atoms with van der Waals surface area (Å²) in [5.74, 6) is 1.90. The lowest BCUT2D eigenvalue weighted by Crippen LogP contribution is -2.26. The van der Waals surface area contributed by atoms with Crippen LogP contribution in [0.3, 0.4) is 0 Å². The number of aromatic nitrogens is 2. The van der Waals surface area contributed by atoms with Gasteiger partial charge in [-0.15, -0.1) is 12.3 Å². The molecule has 0 unspecified atom stereocenters. The predicted molar refractivity (Wildman–Crippen MR) is 62.2 cm³/mol. The van der Waals surface area contributed by atoms with Crippen molar-refractivity contribution < 1.29 is 4.79 Å². The first kappa shape index (κ1) is 12.2. The van der Waals surface area contributed by atoms with Gasteiger partial charge in [0.05, 0.1) is 6.42 Å². The van der Waals surface area contributed by atoms with Crippen LogP contribution >= 0.6 is 12.2 Å². The molecule has 0 fully saturated rings. The van der Waals surface area contributed by atoms with E-state index in [-0.39, 0.29) is 12.1 Å². The molecule has 5 nitrogen and oxygen atoms in total. The van der Waals surface area contributed by atoms with Crippen molar-refractivity contribution in [3.8, 4) is 12.3 Å². The molecule has 0 spiro atoms. The minimum absolute atomic E-state index is 0.0329. The first-order chi connectivity index (χ1) is 7.54. The Morgan fingerprint density at radius 2 is 2.38 bits per heavy atom. The zero-order valence-electron chi connectivity index (χ0n) is 8.53. The number of nitrogens with zero attached hydrogens (tertiary/aromatic N) is 1. The molecule has 0 aliphatic heterocycles. The molecule has 16 heavy (non-hydrogen) atoms. The summed E-state index contributed by atoms with van der Waals surface area (Å²) in [6, 6.07) is 1.54. The van der Waals surface area contributed by atoms with Crippen LogP contribution < -0.4 is 11.4 Å². The van der Waals surface area contributed by atoms with E-state index in [1.165, 1.54) is 10.6 Å². The van der Waals surface area contributed by atoms with Gasteiger partial charge in [-0.1, -0.05) is 12.2 Å². The Hall–Kier alpha value is -1.87. The molecular weight excluding hydrogens is 226 g/mol. The second-order valence-electron chi connectivity index (χ2n) is 3.19. The Balaban J connectivity index is 3.09. The van der Waals surface area contributed by atoms with E-state index in [4.69, 9.17) is 24.4 Å². The maximum atomic E-state index is 11.6. The second-order valence-corrected chi connectivity index (χ2v) is 3.61. The summed E-state index contributed by atoms with van der Waals surface area (Å²) >= 11 is 5.02. The Morgan fingerprint density at radius 1 is 1.69 bits per heavy atom. The van der Waals surface area contributed by atoms with Crippen LogP contribution in [0.2, 0.25) is 0 Å². The maximum Gasteiger partial charge on any atom is 0.326 e. The number of nitrogens with one attached hydrogen (secondary N) is 1. The third kappa shape index (κ3) is 3.07. The van der Waals surface area contributed by atoms with Crippen molar-refractivity contribution >= 4 is 18.1 Å². The number of H-pyrrole nitrogens is 1. The quantitative estimate of drug-likeness (QED) is 0.569. The second kappa shape index (κ2) is 5.28. The fraction of sp³-hybridized carbons (Fsp3) is 0.300. The monoisotopic (exact) mass is 237 g/mol. The van der Waals surface area contributed by atoms with Gasteiger partial charge in [0.15, 0.2) is 0 Å². The highest BCUT2D eigenvalue weighted by atomic mass is 32.1. The van der Waals surface area contributed by atoms with Crippen molar-refractivity contribution in [1.29, 1.82) is 0 Å². The van der Waals surface area contributed by atoms with Gasteiger partial charge < -0.3 is 10.7 Å². The highest BCUT2D eigenvalue weighted by Crippen LogP contribution is 1.96. The van der Waals surface area contributed by atoms with Gasteiger partial charge in [-0.3, -0.25) is 9.36 Å². The van der Waals surface area contributed by atoms with E-state index < -0.39 is 5.91 Å². The molecular formula is C10H11N3O2S. The zero-order valence-corrected chi connectivity index (χ0v) is 9.34. The number of hydrogen-bond acceptors (Lipinski definition) is 3. The number of primary amides is 1. The number of terminal acetylenes is 1. The minimum Gasteiger partial charge on any atom is -0.369 e. The van der Waals surface area contributed by atoms with Gasteiger partial charge in [0.2, 0.25) is 5.91 Å². The van der Waals surface area contributed by atoms with Crippen molar-refractivity contribution in [2.45, 2.75) is 19.4 Å². The first-order valence-electron chi connectivity index (χ1n) is 4.59. The highest BCUT2D eigenvalue weighted by molar-refractivity contribution is 7.71. The molecule has 1 rings (SSSR count). The molecule has 0 radical (unpaired) electrons.